The number of aromatic nitrogens is 1. The zero-order chi connectivity index (χ0) is 11.6. The highest BCUT2D eigenvalue weighted by Gasteiger charge is 2.22. The molecule has 0 saturated heterocycles. The molecule has 15 heavy (non-hydrogen) atoms. The molecular weight excluding hydrogens is 196 g/mol. The molecule has 5 heteroatoms. The fourth-order valence-corrected chi connectivity index (χ4v) is 1.13. The maximum absolute atomic E-state index is 11.5. The zero-order valence-electron chi connectivity index (χ0n) is 8.98. The smallest absolute Gasteiger partial charge is 0.325 e. The lowest BCUT2D eigenvalue weighted by Gasteiger charge is -2.05. The van der Waals surface area contributed by atoms with Gasteiger partial charge in [0.2, 0.25) is 6.20 Å². The summed E-state index contributed by atoms with van der Waals surface area (Å²) in [5, 5.41) is 21.5. The summed E-state index contributed by atoms with van der Waals surface area (Å²) < 4.78 is 0.701. The van der Waals surface area contributed by atoms with E-state index in [4.69, 9.17) is 0 Å². The van der Waals surface area contributed by atoms with Gasteiger partial charge in [-0.25, -0.2) is 0 Å². The second-order valence-corrected chi connectivity index (χ2v) is 3.70. The molecule has 1 aromatic rings. The van der Waals surface area contributed by atoms with Crippen LogP contribution in [0.3, 0.4) is 0 Å². The number of nitrogens with one attached hydrogen (secondary N) is 1. The Bertz CT molecular complexity index is 388. The average Bonchev–Trinajstić information content (AvgIpc) is 2.09. The third kappa shape index (κ3) is 2.59. The molecule has 0 bridgehead atoms. The van der Waals surface area contributed by atoms with Crippen molar-refractivity contribution >= 4 is 5.91 Å². The van der Waals surface area contributed by atoms with Gasteiger partial charge in [-0.05, 0) is 20.8 Å². The van der Waals surface area contributed by atoms with Crippen molar-refractivity contribution in [2.24, 2.45) is 0 Å². The van der Waals surface area contributed by atoms with Gasteiger partial charge in [-0.15, -0.1) is 0 Å². The van der Waals surface area contributed by atoms with E-state index in [1.807, 2.05) is 13.8 Å². The van der Waals surface area contributed by atoms with Crippen molar-refractivity contribution in [1.82, 2.24) is 5.32 Å². The Labute approximate surface area is 87.9 Å². The van der Waals surface area contributed by atoms with E-state index in [2.05, 4.69) is 5.32 Å². The maximum Gasteiger partial charge on any atom is 0.325 e. The summed E-state index contributed by atoms with van der Waals surface area (Å²) in [6.07, 6.45) is 1.28. The molecular formula is C10H15N2O3+. The molecule has 0 spiro atoms. The third-order valence-electron chi connectivity index (χ3n) is 1.89. The van der Waals surface area contributed by atoms with Gasteiger partial charge in [0, 0.05) is 10.8 Å². The van der Waals surface area contributed by atoms with Crippen LogP contribution in [0.5, 0.6) is 5.75 Å². The van der Waals surface area contributed by atoms with Crippen LogP contribution in [-0.4, -0.2) is 22.3 Å². The normalized spacial score (nSPS) is 10.4. The first-order valence-corrected chi connectivity index (χ1v) is 4.67. The van der Waals surface area contributed by atoms with Crippen LogP contribution in [0.15, 0.2) is 12.3 Å². The van der Waals surface area contributed by atoms with Crippen LogP contribution in [0.1, 0.15) is 29.9 Å². The van der Waals surface area contributed by atoms with Crippen LogP contribution in [0, 0.1) is 6.92 Å². The first kappa shape index (κ1) is 11.3. The van der Waals surface area contributed by atoms with Crippen molar-refractivity contribution in [3.8, 4) is 5.75 Å². The van der Waals surface area contributed by atoms with Crippen molar-refractivity contribution in [1.29, 1.82) is 0 Å². The molecule has 82 valence electrons. The van der Waals surface area contributed by atoms with E-state index >= 15 is 0 Å². The Balaban J connectivity index is 3.04. The second kappa shape index (κ2) is 4.16. The lowest BCUT2D eigenvalue weighted by molar-refractivity contribution is -0.906. The number of amides is 1. The summed E-state index contributed by atoms with van der Waals surface area (Å²) in [7, 11) is 0. The van der Waals surface area contributed by atoms with Crippen LogP contribution in [-0.2, 0) is 0 Å². The Morgan fingerprint density at radius 1 is 1.53 bits per heavy atom. The molecule has 5 nitrogen and oxygen atoms in total. The lowest BCUT2D eigenvalue weighted by atomic mass is 10.2. The number of rotatable bonds is 2. The molecule has 1 amide bonds. The molecule has 1 aromatic heterocycles. The first-order chi connectivity index (χ1) is 6.91. The molecule has 0 aromatic carbocycles. The fraction of sp³-hybridized carbons (Fsp3) is 0.400. The number of aryl methyl sites for hydroxylation is 1. The van der Waals surface area contributed by atoms with E-state index < -0.39 is 5.91 Å². The van der Waals surface area contributed by atoms with Gasteiger partial charge in [-0.3, -0.25) is 10.0 Å². The Kier molecular flexibility index (Phi) is 3.14. The topological polar surface area (TPSA) is 73.4 Å². The van der Waals surface area contributed by atoms with Crippen molar-refractivity contribution in [2.75, 3.05) is 0 Å². The van der Waals surface area contributed by atoms with Gasteiger partial charge in [0.05, 0.1) is 11.6 Å². The molecule has 0 aliphatic heterocycles. The average molecular weight is 211 g/mol. The van der Waals surface area contributed by atoms with Gasteiger partial charge in [-0.1, -0.05) is 0 Å². The lowest BCUT2D eigenvalue weighted by Crippen LogP contribution is -2.43. The molecule has 0 atom stereocenters. The summed E-state index contributed by atoms with van der Waals surface area (Å²) in [5.41, 5.74) is 0.505. The van der Waals surface area contributed by atoms with E-state index in [-0.39, 0.29) is 17.5 Å². The number of hydrogen-bond acceptors (Lipinski definition) is 3. The molecule has 1 rings (SSSR count). The molecule has 0 radical (unpaired) electrons. The minimum Gasteiger partial charge on any atom is -0.507 e. The van der Waals surface area contributed by atoms with Crippen molar-refractivity contribution in [3.05, 3.63) is 23.5 Å². The van der Waals surface area contributed by atoms with E-state index in [1.54, 1.807) is 6.92 Å². The highest BCUT2D eigenvalue weighted by atomic mass is 16.5. The van der Waals surface area contributed by atoms with Gasteiger partial charge in [0.1, 0.15) is 5.75 Å². The monoisotopic (exact) mass is 211 g/mol. The highest BCUT2D eigenvalue weighted by molar-refractivity contribution is 5.91. The predicted octanol–water partition coefficient (Wildman–Crippen LogP) is 0.364. The van der Waals surface area contributed by atoms with Gasteiger partial charge in [0.15, 0.2) is 0 Å². The van der Waals surface area contributed by atoms with E-state index in [0.717, 1.165) is 0 Å². The number of carbonyl (C=O) groups excluding carboxylic acids is 1. The number of carbonyl (C=O) groups is 1. The molecule has 0 aliphatic carbocycles. The Morgan fingerprint density at radius 3 is 2.67 bits per heavy atom. The quantitative estimate of drug-likeness (QED) is 0.488. The number of pyridine rings is 1. The van der Waals surface area contributed by atoms with E-state index in [1.165, 1.54) is 12.3 Å². The van der Waals surface area contributed by atoms with Crippen LogP contribution in [0.2, 0.25) is 0 Å². The molecule has 0 unspecified atom stereocenters. The van der Waals surface area contributed by atoms with Gasteiger partial charge in [0.25, 0.3) is 0 Å². The van der Waals surface area contributed by atoms with Gasteiger partial charge >= 0.3 is 11.6 Å². The van der Waals surface area contributed by atoms with Gasteiger partial charge < -0.3 is 10.4 Å². The largest absolute Gasteiger partial charge is 0.507 e. The van der Waals surface area contributed by atoms with E-state index in [9.17, 15) is 15.1 Å². The molecule has 1 heterocycles. The number of aromatic hydroxyl groups is 1. The minimum absolute atomic E-state index is 0.00630. The molecule has 3 N–H and O–H groups in total. The fourth-order valence-electron chi connectivity index (χ4n) is 1.13. The van der Waals surface area contributed by atoms with E-state index in [0.29, 0.717) is 10.3 Å². The number of hydrogen-bond donors (Lipinski definition) is 3. The maximum atomic E-state index is 11.5. The summed E-state index contributed by atoms with van der Waals surface area (Å²) >= 11 is 0. The zero-order valence-corrected chi connectivity index (χ0v) is 8.98. The SMILES string of the molecule is Cc1c[n+](O)c(C(=O)NC(C)C)cc1O. The summed E-state index contributed by atoms with van der Waals surface area (Å²) in [4.78, 5) is 11.5. The second-order valence-electron chi connectivity index (χ2n) is 3.70. The predicted molar refractivity (Wildman–Crippen MR) is 52.8 cm³/mol. The minimum atomic E-state index is -0.428. The third-order valence-corrected chi connectivity index (χ3v) is 1.89. The summed E-state index contributed by atoms with van der Waals surface area (Å²) in [6.45, 7) is 5.26. The number of nitrogens with zero attached hydrogens (tertiary/aromatic N) is 1. The Hall–Kier alpha value is -1.78. The molecule has 0 fully saturated rings. The van der Waals surface area contributed by atoms with Crippen molar-refractivity contribution in [2.45, 2.75) is 26.8 Å². The van der Waals surface area contributed by atoms with Crippen LogP contribution in [0.25, 0.3) is 0 Å². The first-order valence-electron chi connectivity index (χ1n) is 4.67. The van der Waals surface area contributed by atoms with Crippen molar-refractivity contribution < 1.29 is 19.8 Å². The Morgan fingerprint density at radius 2 is 2.13 bits per heavy atom. The van der Waals surface area contributed by atoms with Crippen molar-refractivity contribution in [3.63, 3.8) is 0 Å². The standard InChI is InChI=1S/C10H14N2O3/c1-6(2)11-10(14)8-4-9(13)7(3)5-12(8)15/h4-6,15H,1-3H3,(H,11,14)/p+1. The summed E-state index contributed by atoms with van der Waals surface area (Å²) in [5.74, 6) is -0.447. The van der Waals surface area contributed by atoms with Crippen LogP contribution < -0.4 is 10.0 Å². The summed E-state index contributed by atoms with van der Waals surface area (Å²) in [6, 6.07) is 1.20. The molecule has 0 aliphatic rings. The van der Waals surface area contributed by atoms with Gasteiger partial charge in [-0.2, -0.15) is 0 Å². The molecule has 0 saturated carbocycles. The highest BCUT2D eigenvalue weighted by Crippen LogP contribution is 2.13. The van der Waals surface area contributed by atoms with Crippen LogP contribution >= 0.6 is 0 Å². The van der Waals surface area contributed by atoms with Crippen LogP contribution in [0.4, 0.5) is 0 Å².